The van der Waals surface area contributed by atoms with Crippen LogP contribution in [0.2, 0.25) is 0 Å². The summed E-state index contributed by atoms with van der Waals surface area (Å²) in [6, 6.07) is 0. The molecule has 0 saturated carbocycles. The summed E-state index contributed by atoms with van der Waals surface area (Å²) < 4.78 is 37.6. The maximum Gasteiger partial charge on any atom is 0.390 e. The first kappa shape index (κ1) is 16.2. The summed E-state index contributed by atoms with van der Waals surface area (Å²) in [6.07, 6.45) is -5.53. The Morgan fingerprint density at radius 1 is 1.35 bits per heavy atom. The van der Waals surface area contributed by atoms with E-state index in [0.29, 0.717) is 17.0 Å². The van der Waals surface area contributed by atoms with E-state index in [4.69, 9.17) is 5.11 Å². The molecule has 1 heterocycles. The number of rotatable bonds is 5. The second-order valence-corrected chi connectivity index (χ2v) is 4.45. The van der Waals surface area contributed by atoms with Gasteiger partial charge in [-0.05, 0) is 25.8 Å². The highest BCUT2D eigenvalue weighted by Crippen LogP contribution is 2.21. The summed E-state index contributed by atoms with van der Waals surface area (Å²) in [7, 11) is 0. The third kappa shape index (κ3) is 4.36. The Morgan fingerprint density at radius 2 is 1.95 bits per heavy atom. The molecule has 0 atom stereocenters. The fourth-order valence-corrected chi connectivity index (χ4v) is 1.94. The van der Waals surface area contributed by atoms with Gasteiger partial charge in [-0.1, -0.05) is 0 Å². The number of hydrogen-bond donors (Lipinski definition) is 1. The minimum atomic E-state index is -4.36. The average Bonchev–Trinajstić information content (AvgIpc) is 2.25. The molecular weight excluding hydrogens is 277 g/mol. The van der Waals surface area contributed by atoms with Crippen LogP contribution in [0.3, 0.4) is 0 Å². The van der Waals surface area contributed by atoms with E-state index in [0.717, 1.165) is 4.57 Å². The third-order valence-electron chi connectivity index (χ3n) is 2.98. The van der Waals surface area contributed by atoms with Crippen LogP contribution in [0, 0.1) is 13.8 Å². The van der Waals surface area contributed by atoms with Crippen LogP contribution in [-0.2, 0) is 17.8 Å². The molecule has 0 saturated heterocycles. The van der Waals surface area contributed by atoms with E-state index < -0.39 is 30.8 Å². The number of aromatic nitrogens is 2. The van der Waals surface area contributed by atoms with Gasteiger partial charge in [-0.3, -0.25) is 9.36 Å². The smallest absolute Gasteiger partial charge is 0.390 e. The summed E-state index contributed by atoms with van der Waals surface area (Å²) >= 11 is 0. The molecule has 0 unspecified atom stereocenters. The molecule has 1 aromatic heterocycles. The summed E-state index contributed by atoms with van der Waals surface area (Å²) in [4.78, 5) is 25.9. The standard InChI is InChI=1S/C12H15F3N2O3/c1-7-9(3-4-10(18)19)8(2)17(11(20)16-7)6-5-12(13,14)15/h3-6H2,1-2H3,(H,18,19). The predicted octanol–water partition coefficient (Wildman–Crippen LogP) is 1.83. The lowest BCUT2D eigenvalue weighted by Gasteiger charge is -2.15. The molecule has 0 radical (unpaired) electrons. The zero-order valence-electron chi connectivity index (χ0n) is 11.1. The quantitative estimate of drug-likeness (QED) is 0.898. The van der Waals surface area contributed by atoms with Gasteiger partial charge in [0.15, 0.2) is 0 Å². The maximum absolute atomic E-state index is 12.2. The van der Waals surface area contributed by atoms with Crippen molar-refractivity contribution >= 4 is 5.97 Å². The molecule has 0 amide bonds. The first-order chi connectivity index (χ1) is 9.11. The Bertz CT molecular complexity index is 564. The molecule has 20 heavy (non-hydrogen) atoms. The van der Waals surface area contributed by atoms with Crippen molar-refractivity contribution in [2.45, 2.75) is 45.8 Å². The molecule has 1 N–H and O–H groups in total. The van der Waals surface area contributed by atoms with Crippen LogP contribution in [0.15, 0.2) is 4.79 Å². The number of nitrogens with zero attached hydrogens (tertiary/aromatic N) is 2. The van der Waals surface area contributed by atoms with E-state index in [1.165, 1.54) is 6.92 Å². The van der Waals surface area contributed by atoms with Crippen molar-refractivity contribution in [1.29, 1.82) is 0 Å². The van der Waals surface area contributed by atoms with Crippen molar-refractivity contribution in [3.05, 3.63) is 27.4 Å². The molecule has 0 aliphatic heterocycles. The number of halogens is 3. The lowest BCUT2D eigenvalue weighted by molar-refractivity contribution is -0.137. The number of carboxylic acids is 1. The SMILES string of the molecule is Cc1nc(=O)n(CCC(F)(F)F)c(C)c1CCC(=O)O. The van der Waals surface area contributed by atoms with Gasteiger partial charge in [0.25, 0.3) is 0 Å². The Kier molecular flexibility index (Phi) is 4.91. The first-order valence-electron chi connectivity index (χ1n) is 5.97. The molecule has 0 aromatic carbocycles. The second kappa shape index (κ2) is 6.06. The lowest BCUT2D eigenvalue weighted by atomic mass is 10.1. The van der Waals surface area contributed by atoms with Crippen molar-refractivity contribution in [2.75, 3.05) is 0 Å². The molecule has 1 rings (SSSR count). The molecular formula is C12H15F3N2O3. The highest BCUT2D eigenvalue weighted by molar-refractivity contribution is 5.67. The number of carbonyl (C=O) groups is 1. The Balaban J connectivity index is 3.09. The summed E-state index contributed by atoms with van der Waals surface area (Å²) in [5, 5.41) is 8.65. The minimum Gasteiger partial charge on any atom is -0.481 e. The third-order valence-corrected chi connectivity index (χ3v) is 2.98. The topological polar surface area (TPSA) is 72.2 Å². The molecule has 0 spiro atoms. The van der Waals surface area contributed by atoms with Gasteiger partial charge in [-0.15, -0.1) is 0 Å². The highest BCUT2D eigenvalue weighted by atomic mass is 19.4. The van der Waals surface area contributed by atoms with E-state index in [9.17, 15) is 22.8 Å². The molecule has 1 aromatic rings. The van der Waals surface area contributed by atoms with Gasteiger partial charge in [0.2, 0.25) is 0 Å². The summed E-state index contributed by atoms with van der Waals surface area (Å²) in [5.74, 6) is -1.02. The Hall–Kier alpha value is -1.86. The highest BCUT2D eigenvalue weighted by Gasteiger charge is 2.27. The van der Waals surface area contributed by atoms with Crippen LogP contribution in [0.4, 0.5) is 13.2 Å². The molecule has 0 aliphatic rings. The average molecular weight is 292 g/mol. The zero-order chi connectivity index (χ0) is 15.5. The van der Waals surface area contributed by atoms with E-state index in [-0.39, 0.29) is 12.8 Å². The number of hydrogen-bond acceptors (Lipinski definition) is 3. The first-order valence-corrected chi connectivity index (χ1v) is 5.97. The summed E-state index contributed by atoms with van der Waals surface area (Å²) in [6.45, 7) is 2.53. The van der Waals surface area contributed by atoms with Crippen molar-refractivity contribution in [2.24, 2.45) is 0 Å². The lowest BCUT2D eigenvalue weighted by Crippen LogP contribution is -2.29. The van der Waals surface area contributed by atoms with E-state index >= 15 is 0 Å². The van der Waals surface area contributed by atoms with Gasteiger partial charge >= 0.3 is 17.8 Å². The van der Waals surface area contributed by atoms with Crippen molar-refractivity contribution in [3.8, 4) is 0 Å². The molecule has 8 heteroatoms. The van der Waals surface area contributed by atoms with Crippen LogP contribution in [0.5, 0.6) is 0 Å². The molecule has 0 fully saturated rings. The van der Waals surface area contributed by atoms with E-state index in [2.05, 4.69) is 4.98 Å². The van der Waals surface area contributed by atoms with Crippen molar-refractivity contribution < 1.29 is 23.1 Å². The number of carboxylic acid groups (broad SMARTS) is 1. The normalized spacial score (nSPS) is 11.7. The Morgan fingerprint density at radius 3 is 2.45 bits per heavy atom. The molecule has 0 bridgehead atoms. The number of alkyl halides is 3. The maximum atomic E-state index is 12.2. The van der Waals surface area contributed by atoms with Crippen LogP contribution in [0.25, 0.3) is 0 Å². The van der Waals surface area contributed by atoms with Gasteiger partial charge in [0, 0.05) is 24.4 Å². The van der Waals surface area contributed by atoms with Crippen molar-refractivity contribution in [1.82, 2.24) is 9.55 Å². The van der Waals surface area contributed by atoms with Crippen LogP contribution >= 0.6 is 0 Å². The van der Waals surface area contributed by atoms with E-state index in [1.54, 1.807) is 6.92 Å². The van der Waals surface area contributed by atoms with Crippen LogP contribution in [-0.4, -0.2) is 26.8 Å². The van der Waals surface area contributed by atoms with Crippen LogP contribution < -0.4 is 5.69 Å². The fraction of sp³-hybridized carbons (Fsp3) is 0.583. The van der Waals surface area contributed by atoms with Gasteiger partial charge in [0.05, 0.1) is 6.42 Å². The predicted molar refractivity (Wildman–Crippen MR) is 64.6 cm³/mol. The summed E-state index contributed by atoms with van der Waals surface area (Å²) in [5.41, 5.74) is 0.461. The Labute approximate surface area is 113 Å². The zero-order valence-corrected chi connectivity index (χ0v) is 11.1. The fourth-order valence-electron chi connectivity index (χ4n) is 1.94. The number of aryl methyl sites for hydroxylation is 1. The number of aliphatic carboxylic acids is 1. The molecule has 112 valence electrons. The van der Waals surface area contributed by atoms with Gasteiger partial charge in [-0.2, -0.15) is 18.2 Å². The molecule has 5 nitrogen and oxygen atoms in total. The minimum absolute atomic E-state index is 0.131. The monoisotopic (exact) mass is 292 g/mol. The van der Waals surface area contributed by atoms with Gasteiger partial charge in [-0.25, -0.2) is 4.79 Å². The van der Waals surface area contributed by atoms with E-state index in [1.807, 2.05) is 0 Å². The van der Waals surface area contributed by atoms with Gasteiger partial charge in [0.1, 0.15) is 0 Å². The largest absolute Gasteiger partial charge is 0.481 e. The second-order valence-electron chi connectivity index (χ2n) is 4.45. The molecule has 0 aliphatic carbocycles. The van der Waals surface area contributed by atoms with Crippen molar-refractivity contribution in [3.63, 3.8) is 0 Å². The van der Waals surface area contributed by atoms with Crippen LogP contribution in [0.1, 0.15) is 29.8 Å². The van der Waals surface area contributed by atoms with Gasteiger partial charge < -0.3 is 5.11 Å².